The molecule has 74 valence electrons. The molecule has 0 unspecified atom stereocenters. The van der Waals surface area contributed by atoms with Crippen LogP contribution in [0.1, 0.15) is 20.8 Å². The van der Waals surface area contributed by atoms with E-state index in [9.17, 15) is 0 Å². The van der Waals surface area contributed by atoms with E-state index in [4.69, 9.17) is 4.43 Å². The molecule has 4 heteroatoms. The Labute approximate surface area is 80.6 Å². The molecule has 0 amide bonds. The second kappa shape index (κ2) is 3.18. The summed E-state index contributed by atoms with van der Waals surface area (Å²) in [6, 6.07) is 1.86. The topological polar surface area (TPSA) is 37.9 Å². The summed E-state index contributed by atoms with van der Waals surface area (Å²) in [7, 11) is -1.68. The highest BCUT2D eigenvalue weighted by Crippen LogP contribution is 2.36. The summed E-state index contributed by atoms with van der Waals surface area (Å²) in [6.07, 6.45) is 1.71. The van der Waals surface area contributed by atoms with Gasteiger partial charge < -0.3 is 4.43 Å². The Morgan fingerprint density at radius 2 is 2.00 bits per heavy atom. The van der Waals surface area contributed by atoms with Crippen molar-refractivity contribution in [3.8, 4) is 5.88 Å². The van der Waals surface area contributed by atoms with E-state index in [1.165, 1.54) is 0 Å². The van der Waals surface area contributed by atoms with Crippen LogP contribution in [0.2, 0.25) is 18.1 Å². The van der Waals surface area contributed by atoms with Crippen molar-refractivity contribution in [1.29, 1.82) is 0 Å². The van der Waals surface area contributed by atoms with Crippen molar-refractivity contribution in [1.82, 2.24) is 10.2 Å². The van der Waals surface area contributed by atoms with E-state index >= 15 is 0 Å². The van der Waals surface area contributed by atoms with Gasteiger partial charge in [-0.3, -0.25) is 0 Å². The van der Waals surface area contributed by atoms with E-state index in [2.05, 4.69) is 44.1 Å². The highest BCUT2D eigenvalue weighted by molar-refractivity contribution is 6.74. The number of H-pyrrole nitrogens is 1. The lowest BCUT2D eigenvalue weighted by Crippen LogP contribution is -2.43. The van der Waals surface area contributed by atoms with Crippen LogP contribution in [0.3, 0.4) is 0 Å². The van der Waals surface area contributed by atoms with Crippen LogP contribution in [-0.4, -0.2) is 18.5 Å². The molecule has 3 nitrogen and oxygen atoms in total. The quantitative estimate of drug-likeness (QED) is 0.742. The number of nitrogens with one attached hydrogen (secondary N) is 1. The first-order valence-electron chi connectivity index (χ1n) is 4.51. The first kappa shape index (κ1) is 10.3. The van der Waals surface area contributed by atoms with Gasteiger partial charge in [0.2, 0.25) is 0 Å². The van der Waals surface area contributed by atoms with Crippen LogP contribution >= 0.6 is 0 Å². The van der Waals surface area contributed by atoms with Crippen LogP contribution in [0.15, 0.2) is 12.3 Å². The van der Waals surface area contributed by atoms with Crippen molar-refractivity contribution in [2.24, 2.45) is 0 Å². The summed E-state index contributed by atoms with van der Waals surface area (Å²) >= 11 is 0. The number of hydrogen-bond acceptors (Lipinski definition) is 2. The molecule has 0 aliphatic rings. The number of nitrogens with zero attached hydrogens (tertiary/aromatic N) is 1. The first-order valence-corrected chi connectivity index (χ1v) is 7.42. The standard InChI is InChI=1S/C9H18N2OSi/c1-9(2,3)13(4,5)12-8-6-7-10-11-8/h6-7H,1-5H3,(H,10,11). The Morgan fingerprint density at radius 1 is 1.38 bits per heavy atom. The molecule has 13 heavy (non-hydrogen) atoms. The van der Waals surface area contributed by atoms with Crippen LogP contribution in [0.4, 0.5) is 0 Å². The van der Waals surface area contributed by atoms with Crippen molar-refractivity contribution in [3.63, 3.8) is 0 Å². The van der Waals surface area contributed by atoms with Gasteiger partial charge in [-0.15, -0.1) is 0 Å². The largest absolute Gasteiger partial charge is 0.531 e. The van der Waals surface area contributed by atoms with Crippen LogP contribution in [0, 0.1) is 0 Å². The molecule has 0 aromatic carbocycles. The zero-order valence-corrected chi connectivity index (χ0v) is 10.0. The van der Waals surface area contributed by atoms with E-state index in [-0.39, 0.29) is 5.04 Å². The van der Waals surface area contributed by atoms with Crippen molar-refractivity contribution in [2.75, 3.05) is 0 Å². The SMILES string of the molecule is CC(C)(C)[Si](C)(C)Oc1ccn[nH]1. The van der Waals surface area contributed by atoms with E-state index < -0.39 is 8.32 Å². The lowest BCUT2D eigenvalue weighted by molar-refractivity contribution is 0.475. The first-order chi connectivity index (χ1) is 5.83. The van der Waals surface area contributed by atoms with Crippen LogP contribution < -0.4 is 4.43 Å². The summed E-state index contributed by atoms with van der Waals surface area (Å²) in [5, 5.41) is 6.92. The van der Waals surface area contributed by atoms with Gasteiger partial charge in [0.25, 0.3) is 8.32 Å². The molecule has 0 spiro atoms. The maximum absolute atomic E-state index is 5.93. The monoisotopic (exact) mass is 198 g/mol. The molecule has 0 radical (unpaired) electrons. The number of aromatic amines is 1. The Hall–Kier alpha value is -0.773. The molecular weight excluding hydrogens is 180 g/mol. The number of aromatic nitrogens is 2. The zero-order valence-electron chi connectivity index (χ0n) is 9.01. The molecule has 0 aliphatic carbocycles. The molecule has 1 heterocycles. The minimum Gasteiger partial charge on any atom is -0.531 e. The second-order valence-corrected chi connectivity index (χ2v) is 9.51. The molecule has 1 N–H and O–H groups in total. The van der Waals surface area contributed by atoms with Gasteiger partial charge in [0.1, 0.15) is 0 Å². The van der Waals surface area contributed by atoms with E-state index in [1.807, 2.05) is 6.07 Å². The number of hydrogen-bond donors (Lipinski definition) is 1. The molecule has 1 aromatic heterocycles. The summed E-state index contributed by atoms with van der Waals surface area (Å²) in [4.78, 5) is 0. The Bertz CT molecular complexity index is 262. The van der Waals surface area contributed by atoms with Crippen molar-refractivity contribution < 1.29 is 4.43 Å². The summed E-state index contributed by atoms with van der Waals surface area (Å²) in [5.74, 6) is 0.784. The van der Waals surface area contributed by atoms with Crippen LogP contribution in [0.25, 0.3) is 0 Å². The normalized spacial score (nSPS) is 13.0. The van der Waals surface area contributed by atoms with Gasteiger partial charge in [-0.05, 0) is 18.1 Å². The third kappa shape index (κ3) is 2.34. The molecule has 1 rings (SSSR count). The Kier molecular flexibility index (Phi) is 2.52. The van der Waals surface area contributed by atoms with Gasteiger partial charge in [-0.25, -0.2) is 5.10 Å². The fraction of sp³-hybridized carbons (Fsp3) is 0.667. The maximum atomic E-state index is 5.93. The van der Waals surface area contributed by atoms with Gasteiger partial charge in [0.05, 0.1) is 6.20 Å². The molecule has 0 aliphatic heterocycles. The smallest absolute Gasteiger partial charge is 0.252 e. The molecule has 0 saturated heterocycles. The Morgan fingerprint density at radius 3 is 2.38 bits per heavy atom. The zero-order chi connectivity index (χ0) is 10.1. The fourth-order valence-corrected chi connectivity index (χ4v) is 1.70. The predicted molar refractivity (Wildman–Crippen MR) is 56.4 cm³/mol. The van der Waals surface area contributed by atoms with E-state index in [1.54, 1.807) is 6.20 Å². The average Bonchev–Trinajstić information content (AvgIpc) is 2.35. The second-order valence-electron chi connectivity index (χ2n) is 4.78. The molecule has 0 saturated carbocycles. The van der Waals surface area contributed by atoms with Crippen LogP contribution in [0.5, 0.6) is 5.88 Å². The molecule has 0 bridgehead atoms. The van der Waals surface area contributed by atoms with Gasteiger partial charge in [-0.1, -0.05) is 20.8 Å². The van der Waals surface area contributed by atoms with E-state index in [0.717, 1.165) is 5.88 Å². The van der Waals surface area contributed by atoms with Gasteiger partial charge in [0, 0.05) is 6.07 Å². The van der Waals surface area contributed by atoms with Crippen molar-refractivity contribution in [3.05, 3.63) is 12.3 Å². The highest BCUT2D eigenvalue weighted by atomic mass is 28.4. The minimum absolute atomic E-state index is 0.234. The molecule has 0 fully saturated rings. The maximum Gasteiger partial charge on any atom is 0.252 e. The molecular formula is C9H18N2OSi. The summed E-state index contributed by atoms with van der Waals surface area (Å²) < 4.78 is 5.93. The lowest BCUT2D eigenvalue weighted by atomic mass is 10.2. The third-order valence-corrected chi connectivity index (χ3v) is 6.99. The summed E-state index contributed by atoms with van der Waals surface area (Å²) in [5.41, 5.74) is 0. The van der Waals surface area contributed by atoms with Crippen molar-refractivity contribution in [2.45, 2.75) is 38.9 Å². The third-order valence-electron chi connectivity index (χ3n) is 2.65. The minimum atomic E-state index is -1.68. The fourth-order valence-electron chi connectivity index (χ4n) is 0.728. The van der Waals surface area contributed by atoms with Gasteiger partial charge >= 0.3 is 0 Å². The molecule has 0 atom stereocenters. The molecule has 1 aromatic rings. The average molecular weight is 198 g/mol. The highest BCUT2D eigenvalue weighted by Gasteiger charge is 2.39. The predicted octanol–water partition coefficient (Wildman–Crippen LogP) is 2.79. The van der Waals surface area contributed by atoms with Crippen molar-refractivity contribution >= 4 is 8.32 Å². The lowest BCUT2D eigenvalue weighted by Gasteiger charge is -2.35. The van der Waals surface area contributed by atoms with Gasteiger partial charge in [0.15, 0.2) is 5.88 Å². The summed E-state index contributed by atoms with van der Waals surface area (Å²) in [6.45, 7) is 11.1. The van der Waals surface area contributed by atoms with Crippen LogP contribution in [-0.2, 0) is 0 Å². The Balaban J connectivity index is 2.73. The van der Waals surface area contributed by atoms with E-state index in [0.29, 0.717) is 0 Å². The number of rotatable bonds is 2. The van der Waals surface area contributed by atoms with Gasteiger partial charge in [-0.2, -0.15) is 5.10 Å².